The Labute approximate surface area is 279 Å². The van der Waals surface area contributed by atoms with Gasteiger partial charge < -0.3 is 9.32 Å². The maximum absolute atomic E-state index is 6.16. The van der Waals surface area contributed by atoms with Crippen LogP contribution in [-0.4, -0.2) is 4.98 Å². The number of benzene rings is 8. The van der Waals surface area contributed by atoms with Crippen LogP contribution in [-0.2, 0) is 0 Å². The van der Waals surface area contributed by atoms with Gasteiger partial charge in [0.15, 0.2) is 5.58 Å². The minimum absolute atomic E-state index is 0.630. The van der Waals surface area contributed by atoms with Crippen LogP contribution in [0.5, 0.6) is 0 Å². The summed E-state index contributed by atoms with van der Waals surface area (Å²) >= 11 is 0. The van der Waals surface area contributed by atoms with Crippen molar-refractivity contribution in [2.45, 2.75) is 0 Å². The van der Waals surface area contributed by atoms with E-state index in [-0.39, 0.29) is 0 Å². The molecule has 0 atom stereocenters. The quantitative estimate of drug-likeness (QED) is 0.187. The van der Waals surface area contributed by atoms with Gasteiger partial charge in [-0.1, -0.05) is 115 Å². The topological polar surface area (TPSA) is 29.3 Å². The molecule has 3 nitrogen and oxygen atoms in total. The van der Waals surface area contributed by atoms with Crippen LogP contribution in [0.25, 0.3) is 66.4 Å². The zero-order valence-corrected chi connectivity index (χ0v) is 26.1. The van der Waals surface area contributed by atoms with Gasteiger partial charge >= 0.3 is 0 Å². The van der Waals surface area contributed by atoms with Gasteiger partial charge in [0.2, 0.25) is 5.89 Å². The highest BCUT2D eigenvalue weighted by molar-refractivity contribution is 5.95. The molecule has 48 heavy (non-hydrogen) atoms. The number of para-hydroxylation sites is 2. The second-order valence-electron chi connectivity index (χ2n) is 12.1. The lowest BCUT2D eigenvalue weighted by molar-refractivity contribution is 0.620. The molecule has 9 rings (SSSR count). The van der Waals surface area contributed by atoms with E-state index < -0.39 is 0 Å². The maximum atomic E-state index is 6.16. The zero-order valence-electron chi connectivity index (χ0n) is 26.1. The average Bonchev–Trinajstić information content (AvgIpc) is 3.61. The van der Waals surface area contributed by atoms with Gasteiger partial charge in [-0.25, -0.2) is 4.98 Å². The Morgan fingerprint density at radius 1 is 0.375 bits per heavy atom. The second-order valence-corrected chi connectivity index (χ2v) is 12.1. The van der Waals surface area contributed by atoms with E-state index in [1.165, 1.54) is 32.7 Å². The third-order valence-electron chi connectivity index (χ3n) is 9.06. The number of fused-ring (bicyclic) bond motifs is 3. The standard InChI is InChI=1S/C45H30N2O/c1-3-11-33(12-4-1)45-46-44-42(16-9-17-43(44)48-45)32-22-25-40(26-23-32)47(39-14-5-2-6-15-39)41-27-24-37-29-36(20-21-38(37)30-41)35-19-18-31-10-7-8-13-34(31)28-35/h1-30H. The lowest BCUT2D eigenvalue weighted by Gasteiger charge is -2.26. The first-order chi connectivity index (χ1) is 23.8. The summed E-state index contributed by atoms with van der Waals surface area (Å²) in [6.45, 7) is 0. The lowest BCUT2D eigenvalue weighted by atomic mass is 9.98. The highest BCUT2D eigenvalue weighted by Crippen LogP contribution is 2.39. The fourth-order valence-electron chi connectivity index (χ4n) is 6.62. The molecule has 0 aliphatic rings. The van der Waals surface area contributed by atoms with Gasteiger partial charge in [0, 0.05) is 28.2 Å². The summed E-state index contributed by atoms with van der Waals surface area (Å²) in [5.41, 5.74) is 10.5. The molecule has 3 heteroatoms. The minimum Gasteiger partial charge on any atom is -0.436 e. The van der Waals surface area contributed by atoms with Gasteiger partial charge in [-0.2, -0.15) is 0 Å². The number of hydrogen-bond donors (Lipinski definition) is 0. The smallest absolute Gasteiger partial charge is 0.227 e. The van der Waals surface area contributed by atoms with E-state index in [9.17, 15) is 0 Å². The molecule has 0 aliphatic carbocycles. The van der Waals surface area contributed by atoms with Crippen LogP contribution in [0.1, 0.15) is 0 Å². The number of oxazole rings is 1. The lowest BCUT2D eigenvalue weighted by Crippen LogP contribution is -2.09. The molecule has 0 unspecified atom stereocenters. The predicted octanol–water partition coefficient (Wildman–Crippen LogP) is 12.6. The van der Waals surface area contributed by atoms with E-state index in [1.54, 1.807) is 0 Å². The predicted molar refractivity (Wildman–Crippen MR) is 200 cm³/mol. The van der Waals surface area contributed by atoms with Crippen LogP contribution >= 0.6 is 0 Å². The van der Waals surface area contributed by atoms with Crippen LogP contribution in [0, 0.1) is 0 Å². The summed E-state index contributed by atoms with van der Waals surface area (Å²) < 4.78 is 6.16. The normalized spacial score (nSPS) is 11.3. The van der Waals surface area contributed by atoms with Gasteiger partial charge in [0.25, 0.3) is 0 Å². The van der Waals surface area contributed by atoms with E-state index in [0.717, 1.165) is 44.9 Å². The number of hydrogen-bond acceptors (Lipinski definition) is 3. The first-order valence-electron chi connectivity index (χ1n) is 16.2. The monoisotopic (exact) mass is 614 g/mol. The zero-order chi connectivity index (χ0) is 31.9. The molecular formula is C45H30N2O. The van der Waals surface area contributed by atoms with E-state index in [2.05, 4.69) is 144 Å². The fourth-order valence-corrected chi connectivity index (χ4v) is 6.62. The molecule has 226 valence electrons. The molecule has 0 saturated heterocycles. The Hall–Kier alpha value is -6.45. The SMILES string of the molecule is c1ccc(-c2nc3c(-c4ccc(N(c5ccccc5)c5ccc6cc(-c7ccc8ccccc8c7)ccc6c5)cc4)cccc3o2)cc1. The summed E-state index contributed by atoms with van der Waals surface area (Å²) in [6, 6.07) is 64.1. The molecule has 0 saturated carbocycles. The number of nitrogens with zero attached hydrogens (tertiary/aromatic N) is 2. The highest BCUT2D eigenvalue weighted by Gasteiger charge is 2.16. The Kier molecular flexibility index (Phi) is 6.80. The van der Waals surface area contributed by atoms with Crippen LogP contribution < -0.4 is 4.90 Å². The van der Waals surface area contributed by atoms with Crippen molar-refractivity contribution in [1.29, 1.82) is 0 Å². The number of aromatic nitrogens is 1. The van der Waals surface area contributed by atoms with Crippen LogP contribution in [0.2, 0.25) is 0 Å². The van der Waals surface area contributed by atoms with E-state index in [1.807, 2.05) is 42.5 Å². The Morgan fingerprint density at radius 2 is 0.938 bits per heavy atom. The highest BCUT2D eigenvalue weighted by atomic mass is 16.3. The third-order valence-corrected chi connectivity index (χ3v) is 9.06. The first-order valence-corrected chi connectivity index (χ1v) is 16.2. The maximum Gasteiger partial charge on any atom is 0.227 e. The molecule has 0 bridgehead atoms. The van der Waals surface area contributed by atoms with Crippen molar-refractivity contribution in [1.82, 2.24) is 4.98 Å². The molecule has 0 spiro atoms. The van der Waals surface area contributed by atoms with Gasteiger partial charge in [-0.05, 0) is 105 Å². The van der Waals surface area contributed by atoms with Gasteiger partial charge in [-0.15, -0.1) is 0 Å². The van der Waals surface area contributed by atoms with Crippen molar-refractivity contribution in [3.63, 3.8) is 0 Å². The Balaban J connectivity index is 1.08. The van der Waals surface area contributed by atoms with Gasteiger partial charge in [-0.3, -0.25) is 0 Å². The van der Waals surface area contributed by atoms with E-state index in [4.69, 9.17) is 9.40 Å². The number of anilines is 3. The van der Waals surface area contributed by atoms with Crippen molar-refractivity contribution in [2.75, 3.05) is 4.90 Å². The number of rotatable bonds is 6. The van der Waals surface area contributed by atoms with Gasteiger partial charge in [0.05, 0.1) is 0 Å². The summed E-state index contributed by atoms with van der Waals surface area (Å²) in [5, 5.41) is 4.92. The summed E-state index contributed by atoms with van der Waals surface area (Å²) in [6.07, 6.45) is 0. The molecule has 0 radical (unpaired) electrons. The van der Waals surface area contributed by atoms with Crippen LogP contribution in [0.4, 0.5) is 17.1 Å². The van der Waals surface area contributed by atoms with Crippen LogP contribution in [0.15, 0.2) is 186 Å². The van der Waals surface area contributed by atoms with E-state index in [0.29, 0.717) is 5.89 Å². The summed E-state index contributed by atoms with van der Waals surface area (Å²) in [7, 11) is 0. The van der Waals surface area contributed by atoms with E-state index >= 15 is 0 Å². The molecule has 0 fully saturated rings. The molecule has 0 amide bonds. The van der Waals surface area contributed by atoms with Crippen molar-refractivity contribution in [3.05, 3.63) is 182 Å². The van der Waals surface area contributed by atoms with Crippen molar-refractivity contribution in [3.8, 4) is 33.7 Å². The third kappa shape index (κ3) is 5.08. The van der Waals surface area contributed by atoms with Crippen LogP contribution in [0.3, 0.4) is 0 Å². The Morgan fingerprint density at radius 3 is 1.71 bits per heavy atom. The van der Waals surface area contributed by atoms with Crippen molar-refractivity contribution >= 4 is 49.7 Å². The molecule has 1 heterocycles. The molecule has 0 N–H and O–H groups in total. The van der Waals surface area contributed by atoms with Crippen molar-refractivity contribution < 1.29 is 4.42 Å². The molecule has 9 aromatic rings. The second kappa shape index (κ2) is 11.7. The first kappa shape index (κ1) is 27.8. The average molecular weight is 615 g/mol. The summed E-state index contributed by atoms with van der Waals surface area (Å²) in [4.78, 5) is 7.21. The summed E-state index contributed by atoms with van der Waals surface area (Å²) in [5.74, 6) is 0.630. The van der Waals surface area contributed by atoms with Gasteiger partial charge in [0.1, 0.15) is 5.52 Å². The molecule has 0 aliphatic heterocycles. The molecule has 8 aromatic carbocycles. The molecular weight excluding hydrogens is 585 g/mol. The Bertz CT molecular complexity index is 2550. The molecule has 1 aromatic heterocycles. The minimum atomic E-state index is 0.630. The fraction of sp³-hybridized carbons (Fsp3) is 0. The largest absolute Gasteiger partial charge is 0.436 e. The van der Waals surface area contributed by atoms with Crippen molar-refractivity contribution in [2.24, 2.45) is 0 Å².